The van der Waals surface area contributed by atoms with E-state index in [4.69, 9.17) is 16.0 Å². The van der Waals surface area contributed by atoms with Crippen molar-refractivity contribution >= 4 is 11.6 Å². The predicted octanol–water partition coefficient (Wildman–Crippen LogP) is 0.263. The SMILES string of the molecule is Clc1cccc(-c2ccc(C[NH2+]Cc3cccnc3)o2)c1.[Cl-]. The lowest BCUT2D eigenvalue weighted by Gasteiger charge is -2.00. The molecule has 0 bridgehead atoms. The number of furan rings is 1. The first-order chi connectivity index (χ1) is 10.3. The van der Waals surface area contributed by atoms with Gasteiger partial charge in [-0.2, -0.15) is 0 Å². The molecule has 22 heavy (non-hydrogen) atoms. The lowest BCUT2D eigenvalue weighted by atomic mass is 10.2. The average molecular weight is 335 g/mol. The molecule has 0 aliphatic heterocycles. The van der Waals surface area contributed by atoms with E-state index in [1.165, 1.54) is 5.56 Å². The van der Waals surface area contributed by atoms with Crippen molar-refractivity contribution < 1.29 is 22.1 Å². The lowest BCUT2D eigenvalue weighted by molar-refractivity contribution is -0.688. The van der Waals surface area contributed by atoms with Crippen molar-refractivity contribution in [1.82, 2.24) is 4.98 Å². The normalized spacial score (nSPS) is 10.2. The van der Waals surface area contributed by atoms with Crippen molar-refractivity contribution in [2.75, 3.05) is 0 Å². The number of halogens is 2. The summed E-state index contributed by atoms with van der Waals surface area (Å²) in [6.07, 6.45) is 3.67. The number of hydrogen-bond donors (Lipinski definition) is 1. The van der Waals surface area contributed by atoms with Gasteiger partial charge in [-0.1, -0.05) is 29.8 Å². The zero-order chi connectivity index (χ0) is 14.5. The average Bonchev–Trinajstić information content (AvgIpc) is 2.97. The van der Waals surface area contributed by atoms with E-state index in [0.29, 0.717) is 5.02 Å². The van der Waals surface area contributed by atoms with E-state index in [-0.39, 0.29) is 12.4 Å². The summed E-state index contributed by atoms with van der Waals surface area (Å²) in [5.41, 5.74) is 2.21. The largest absolute Gasteiger partial charge is 1.00 e. The molecule has 0 aliphatic rings. The van der Waals surface area contributed by atoms with Crippen LogP contribution >= 0.6 is 11.6 Å². The molecule has 2 aromatic heterocycles. The van der Waals surface area contributed by atoms with Crippen molar-refractivity contribution in [3.05, 3.63) is 77.3 Å². The number of nitrogens with two attached hydrogens (primary N) is 1. The molecule has 1 aromatic carbocycles. The molecule has 2 N–H and O–H groups in total. The fourth-order valence-electron chi connectivity index (χ4n) is 2.18. The van der Waals surface area contributed by atoms with Crippen LogP contribution in [-0.2, 0) is 13.1 Å². The van der Waals surface area contributed by atoms with Crippen LogP contribution in [0.25, 0.3) is 11.3 Å². The molecule has 114 valence electrons. The molecule has 2 heterocycles. The van der Waals surface area contributed by atoms with Crippen LogP contribution in [-0.4, -0.2) is 4.98 Å². The third-order valence-corrected chi connectivity index (χ3v) is 3.45. The van der Waals surface area contributed by atoms with Gasteiger partial charge in [-0.05, 0) is 30.3 Å². The van der Waals surface area contributed by atoms with Crippen LogP contribution in [0.2, 0.25) is 5.02 Å². The predicted molar refractivity (Wildman–Crippen MR) is 82.7 cm³/mol. The van der Waals surface area contributed by atoms with Crippen LogP contribution in [0.3, 0.4) is 0 Å². The number of rotatable bonds is 5. The monoisotopic (exact) mass is 334 g/mol. The molecule has 3 rings (SSSR count). The van der Waals surface area contributed by atoms with E-state index < -0.39 is 0 Å². The molecule has 0 radical (unpaired) electrons. The first-order valence-electron chi connectivity index (χ1n) is 6.86. The molecule has 0 spiro atoms. The van der Waals surface area contributed by atoms with Crippen LogP contribution in [0.15, 0.2) is 65.3 Å². The van der Waals surface area contributed by atoms with E-state index in [9.17, 15) is 0 Å². The summed E-state index contributed by atoms with van der Waals surface area (Å²) in [7, 11) is 0. The van der Waals surface area contributed by atoms with E-state index >= 15 is 0 Å². The molecule has 0 amide bonds. The lowest BCUT2D eigenvalue weighted by Crippen LogP contribution is -3.00. The van der Waals surface area contributed by atoms with Gasteiger partial charge in [0.1, 0.15) is 18.8 Å². The number of benzene rings is 1. The van der Waals surface area contributed by atoms with E-state index in [1.54, 1.807) is 6.20 Å². The van der Waals surface area contributed by atoms with Gasteiger partial charge in [-0.15, -0.1) is 0 Å². The third kappa shape index (κ3) is 4.34. The van der Waals surface area contributed by atoms with Gasteiger partial charge in [0, 0.05) is 28.5 Å². The second-order valence-electron chi connectivity index (χ2n) is 4.83. The number of hydrogen-bond acceptors (Lipinski definition) is 2. The molecule has 3 aromatic rings. The van der Waals surface area contributed by atoms with Gasteiger partial charge in [0.25, 0.3) is 0 Å². The molecule has 3 nitrogen and oxygen atoms in total. The van der Waals surface area contributed by atoms with Crippen LogP contribution in [0.4, 0.5) is 0 Å². The van der Waals surface area contributed by atoms with Crippen molar-refractivity contribution in [1.29, 1.82) is 0 Å². The van der Waals surface area contributed by atoms with Crippen molar-refractivity contribution in [3.63, 3.8) is 0 Å². The Morgan fingerprint density at radius 2 is 1.95 bits per heavy atom. The van der Waals surface area contributed by atoms with Crippen molar-refractivity contribution in [2.24, 2.45) is 0 Å². The Labute approximate surface area is 140 Å². The van der Waals surface area contributed by atoms with Gasteiger partial charge in [0.2, 0.25) is 0 Å². The van der Waals surface area contributed by atoms with E-state index in [0.717, 1.165) is 30.2 Å². The summed E-state index contributed by atoms with van der Waals surface area (Å²) in [6.45, 7) is 1.69. The van der Waals surface area contributed by atoms with E-state index in [1.807, 2.05) is 48.7 Å². The number of aromatic nitrogens is 1. The fourth-order valence-corrected chi connectivity index (χ4v) is 2.37. The zero-order valence-corrected chi connectivity index (χ0v) is 13.4. The fraction of sp³-hybridized carbons (Fsp3) is 0.118. The Hall–Kier alpha value is -1.81. The summed E-state index contributed by atoms with van der Waals surface area (Å²) < 4.78 is 5.86. The molecule has 0 saturated heterocycles. The Morgan fingerprint density at radius 1 is 1.05 bits per heavy atom. The maximum absolute atomic E-state index is 6.00. The molecule has 0 aliphatic carbocycles. The Morgan fingerprint density at radius 3 is 2.73 bits per heavy atom. The van der Waals surface area contributed by atoms with Gasteiger partial charge >= 0.3 is 0 Å². The summed E-state index contributed by atoms with van der Waals surface area (Å²) in [4.78, 5) is 4.11. The van der Waals surface area contributed by atoms with Crippen molar-refractivity contribution in [2.45, 2.75) is 13.1 Å². The molecular formula is C17H16Cl2N2O. The minimum Gasteiger partial charge on any atom is -1.00 e. The standard InChI is InChI=1S/C17H15ClN2O.ClH/c18-15-5-1-4-14(9-15)17-7-6-16(21-17)12-20-11-13-3-2-8-19-10-13;/h1-10,20H,11-12H2;1H. The highest BCUT2D eigenvalue weighted by molar-refractivity contribution is 6.30. The first kappa shape index (κ1) is 16.6. The van der Waals surface area contributed by atoms with Gasteiger partial charge in [-0.3, -0.25) is 4.98 Å². The number of nitrogens with zero attached hydrogens (tertiary/aromatic N) is 1. The Kier molecular flexibility index (Phi) is 6.01. The molecule has 0 fully saturated rings. The van der Waals surface area contributed by atoms with Gasteiger partial charge < -0.3 is 22.1 Å². The van der Waals surface area contributed by atoms with Crippen LogP contribution in [0.5, 0.6) is 0 Å². The molecule has 5 heteroatoms. The third-order valence-electron chi connectivity index (χ3n) is 3.22. The second-order valence-corrected chi connectivity index (χ2v) is 5.27. The maximum atomic E-state index is 6.00. The quantitative estimate of drug-likeness (QED) is 0.727. The molecule has 0 atom stereocenters. The van der Waals surface area contributed by atoms with Crippen LogP contribution in [0.1, 0.15) is 11.3 Å². The highest BCUT2D eigenvalue weighted by atomic mass is 35.5. The summed E-state index contributed by atoms with van der Waals surface area (Å²) >= 11 is 6.00. The second kappa shape index (κ2) is 7.99. The highest BCUT2D eigenvalue weighted by Gasteiger charge is 2.06. The van der Waals surface area contributed by atoms with Gasteiger partial charge in [0.05, 0.1) is 0 Å². The summed E-state index contributed by atoms with van der Waals surface area (Å²) in [5, 5.41) is 2.91. The highest BCUT2D eigenvalue weighted by Crippen LogP contribution is 2.24. The Balaban J connectivity index is 0.00000176. The van der Waals surface area contributed by atoms with Crippen LogP contribution < -0.4 is 17.7 Å². The smallest absolute Gasteiger partial charge is 0.158 e. The van der Waals surface area contributed by atoms with Crippen molar-refractivity contribution in [3.8, 4) is 11.3 Å². The van der Waals surface area contributed by atoms with Gasteiger partial charge in [0.15, 0.2) is 5.76 Å². The van der Waals surface area contributed by atoms with Gasteiger partial charge in [-0.25, -0.2) is 0 Å². The summed E-state index contributed by atoms with van der Waals surface area (Å²) in [6, 6.07) is 15.7. The molecule has 0 unspecified atom stereocenters. The summed E-state index contributed by atoms with van der Waals surface area (Å²) in [5.74, 6) is 1.80. The minimum atomic E-state index is 0. The Bertz CT molecular complexity index is 713. The number of pyridine rings is 1. The first-order valence-corrected chi connectivity index (χ1v) is 7.24. The number of quaternary nitrogens is 1. The zero-order valence-electron chi connectivity index (χ0n) is 11.9. The van der Waals surface area contributed by atoms with E-state index in [2.05, 4.69) is 16.4 Å². The molecule has 0 saturated carbocycles. The maximum Gasteiger partial charge on any atom is 0.158 e. The topological polar surface area (TPSA) is 42.6 Å². The minimum absolute atomic E-state index is 0. The van der Waals surface area contributed by atoms with Crippen LogP contribution in [0, 0.1) is 0 Å². The molecular weight excluding hydrogens is 319 g/mol.